The number of carbonyl (C=O) groups excluding carboxylic acids is 1. The molecule has 0 radical (unpaired) electrons. The Labute approximate surface area is 109 Å². The lowest BCUT2D eigenvalue weighted by atomic mass is 9.73. The molecule has 1 aromatic rings. The zero-order valence-electron chi connectivity index (χ0n) is 11.5. The van der Waals surface area contributed by atoms with E-state index in [0.29, 0.717) is 6.42 Å². The number of methoxy groups -OCH3 is 1. The number of hydrogen-bond donors (Lipinski definition) is 1. The molecule has 3 nitrogen and oxygen atoms in total. The predicted octanol–water partition coefficient (Wildman–Crippen LogP) is 2.68. The fraction of sp³-hybridized carbons (Fsp3) is 0.533. The van der Waals surface area contributed by atoms with Gasteiger partial charge in [0.2, 0.25) is 5.91 Å². The van der Waals surface area contributed by atoms with E-state index < -0.39 is 5.72 Å². The molecule has 1 saturated heterocycles. The van der Waals surface area contributed by atoms with E-state index in [1.165, 1.54) is 0 Å². The highest BCUT2D eigenvalue weighted by molar-refractivity contribution is 5.81. The van der Waals surface area contributed by atoms with Crippen LogP contribution in [-0.2, 0) is 9.53 Å². The van der Waals surface area contributed by atoms with Gasteiger partial charge in [-0.15, -0.1) is 0 Å². The molecule has 0 bridgehead atoms. The van der Waals surface area contributed by atoms with E-state index in [0.717, 1.165) is 5.56 Å². The number of ether oxygens (including phenoxy) is 1. The van der Waals surface area contributed by atoms with Gasteiger partial charge >= 0.3 is 0 Å². The summed E-state index contributed by atoms with van der Waals surface area (Å²) in [5.74, 6) is 0.108. The summed E-state index contributed by atoms with van der Waals surface area (Å²) in [6.45, 7) is 6.29. The molecule has 0 saturated carbocycles. The molecule has 1 fully saturated rings. The van der Waals surface area contributed by atoms with Crippen molar-refractivity contribution in [2.24, 2.45) is 5.41 Å². The molecule has 1 aromatic carbocycles. The molecule has 1 N–H and O–H groups in total. The van der Waals surface area contributed by atoms with Crippen LogP contribution >= 0.6 is 0 Å². The number of carbonyl (C=O) groups is 1. The smallest absolute Gasteiger partial charge is 0.223 e. The Hall–Kier alpha value is -1.35. The number of hydrogen-bond acceptors (Lipinski definition) is 2. The first-order chi connectivity index (χ1) is 8.40. The lowest BCUT2D eigenvalue weighted by Crippen LogP contribution is -2.56. The molecule has 1 heterocycles. The van der Waals surface area contributed by atoms with Crippen molar-refractivity contribution in [2.45, 2.75) is 38.8 Å². The fourth-order valence-corrected chi connectivity index (χ4v) is 2.92. The van der Waals surface area contributed by atoms with Crippen molar-refractivity contribution in [3.8, 4) is 0 Å². The van der Waals surface area contributed by atoms with Crippen molar-refractivity contribution >= 4 is 5.91 Å². The van der Waals surface area contributed by atoms with Crippen LogP contribution < -0.4 is 5.32 Å². The van der Waals surface area contributed by atoms with Gasteiger partial charge in [0.25, 0.3) is 0 Å². The molecule has 0 unspecified atom stereocenters. The van der Waals surface area contributed by atoms with Crippen molar-refractivity contribution in [3.63, 3.8) is 0 Å². The number of benzene rings is 1. The van der Waals surface area contributed by atoms with Crippen molar-refractivity contribution in [3.05, 3.63) is 35.9 Å². The first-order valence-corrected chi connectivity index (χ1v) is 6.32. The summed E-state index contributed by atoms with van der Waals surface area (Å²) in [5, 5.41) is 3.04. The summed E-state index contributed by atoms with van der Waals surface area (Å²) in [7, 11) is 1.67. The van der Waals surface area contributed by atoms with Crippen LogP contribution in [-0.4, -0.2) is 18.7 Å². The Kier molecular flexibility index (Phi) is 3.20. The van der Waals surface area contributed by atoms with Crippen LogP contribution in [0.15, 0.2) is 30.3 Å². The molecule has 18 heavy (non-hydrogen) atoms. The molecule has 0 spiro atoms. The largest absolute Gasteiger partial charge is 0.358 e. The minimum atomic E-state index is -0.633. The lowest BCUT2D eigenvalue weighted by molar-refractivity contribution is -0.136. The predicted molar refractivity (Wildman–Crippen MR) is 71.1 cm³/mol. The Morgan fingerprint density at radius 1 is 1.28 bits per heavy atom. The van der Waals surface area contributed by atoms with E-state index in [9.17, 15) is 4.79 Å². The summed E-state index contributed by atoms with van der Waals surface area (Å²) >= 11 is 0. The second-order valence-corrected chi connectivity index (χ2v) is 5.91. The van der Waals surface area contributed by atoms with Crippen LogP contribution in [0.3, 0.4) is 0 Å². The SMILES string of the molecule is CO[C@@]1(C(C)(C)C)NC(=O)C[C@@H]1c1ccccc1. The minimum Gasteiger partial charge on any atom is -0.358 e. The Balaban J connectivity index is 2.48. The van der Waals surface area contributed by atoms with Gasteiger partial charge in [-0.1, -0.05) is 51.1 Å². The van der Waals surface area contributed by atoms with Crippen LogP contribution in [0.5, 0.6) is 0 Å². The molecule has 2 rings (SSSR count). The quantitative estimate of drug-likeness (QED) is 0.872. The average molecular weight is 247 g/mol. The van der Waals surface area contributed by atoms with Gasteiger partial charge in [-0.3, -0.25) is 4.79 Å². The highest BCUT2D eigenvalue weighted by atomic mass is 16.5. The van der Waals surface area contributed by atoms with Crippen molar-refractivity contribution in [2.75, 3.05) is 7.11 Å². The van der Waals surface area contributed by atoms with Crippen molar-refractivity contribution in [1.82, 2.24) is 5.32 Å². The lowest BCUT2D eigenvalue weighted by Gasteiger charge is -2.44. The Morgan fingerprint density at radius 2 is 1.89 bits per heavy atom. The van der Waals surface area contributed by atoms with E-state index in [1.807, 2.05) is 18.2 Å². The number of nitrogens with one attached hydrogen (secondary N) is 1. The minimum absolute atomic E-state index is 0.0520. The molecule has 1 aliphatic rings. The molecule has 2 atom stereocenters. The van der Waals surface area contributed by atoms with Crippen LogP contribution in [0, 0.1) is 5.41 Å². The maximum Gasteiger partial charge on any atom is 0.223 e. The maximum atomic E-state index is 11.9. The highest BCUT2D eigenvalue weighted by Crippen LogP contribution is 2.47. The highest BCUT2D eigenvalue weighted by Gasteiger charge is 2.55. The summed E-state index contributed by atoms with van der Waals surface area (Å²) in [6.07, 6.45) is 0.481. The van der Waals surface area contributed by atoms with Gasteiger partial charge < -0.3 is 10.1 Å². The molecular weight excluding hydrogens is 226 g/mol. The molecule has 0 aliphatic carbocycles. The summed E-state index contributed by atoms with van der Waals surface area (Å²) in [6, 6.07) is 10.1. The second kappa shape index (κ2) is 4.39. The molecule has 0 aromatic heterocycles. The average Bonchev–Trinajstić information content (AvgIpc) is 2.68. The van der Waals surface area contributed by atoms with Crippen LogP contribution in [0.4, 0.5) is 0 Å². The third-order valence-corrected chi connectivity index (χ3v) is 3.84. The first-order valence-electron chi connectivity index (χ1n) is 6.32. The number of amides is 1. The van der Waals surface area contributed by atoms with Crippen LogP contribution in [0.2, 0.25) is 0 Å². The topological polar surface area (TPSA) is 38.3 Å². The third-order valence-electron chi connectivity index (χ3n) is 3.84. The molecule has 3 heteroatoms. The molecular formula is C15H21NO2. The monoisotopic (exact) mass is 247 g/mol. The third kappa shape index (κ3) is 1.93. The maximum absolute atomic E-state index is 11.9. The molecule has 1 amide bonds. The zero-order chi connectivity index (χ0) is 13.4. The molecule has 98 valence electrons. The standard InChI is InChI=1S/C15H21NO2/c1-14(2,3)15(18-4)12(10-13(17)16-15)11-8-6-5-7-9-11/h5-9,12H,10H2,1-4H3,(H,16,17)/t12-,15+/m1/s1. The van der Waals surface area contributed by atoms with E-state index >= 15 is 0 Å². The summed E-state index contributed by atoms with van der Waals surface area (Å²) in [5.41, 5.74) is 0.340. The fourth-order valence-electron chi connectivity index (χ4n) is 2.92. The van der Waals surface area contributed by atoms with Crippen LogP contribution in [0.1, 0.15) is 38.7 Å². The number of rotatable bonds is 2. The van der Waals surface area contributed by atoms with Crippen molar-refractivity contribution < 1.29 is 9.53 Å². The van der Waals surface area contributed by atoms with Gasteiger partial charge in [0.05, 0.1) is 0 Å². The second-order valence-electron chi connectivity index (χ2n) is 5.91. The normalized spacial score (nSPS) is 28.2. The summed E-state index contributed by atoms with van der Waals surface area (Å²) in [4.78, 5) is 11.9. The van der Waals surface area contributed by atoms with Gasteiger partial charge in [0, 0.05) is 24.9 Å². The Bertz CT molecular complexity index is 436. The van der Waals surface area contributed by atoms with Gasteiger partial charge in [0.1, 0.15) is 0 Å². The molecule has 1 aliphatic heterocycles. The van der Waals surface area contributed by atoms with Crippen LogP contribution in [0.25, 0.3) is 0 Å². The Morgan fingerprint density at radius 3 is 2.39 bits per heavy atom. The van der Waals surface area contributed by atoms with Gasteiger partial charge in [-0.2, -0.15) is 0 Å². The summed E-state index contributed by atoms with van der Waals surface area (Å²) < 4.78 is 5.77. The van der Waals surface area contributed by atoms with Crippen molar-refractivity contribution in [1.29, 1.82) is 0 Å². The zero-order valence-corrected chi connectivity index (χ0v) is 11.5. The van der Waals surface area contributed by atoms with Gasteiger partial charge in [-0.25, -0.2) is 0 Å². The van der Waals surface area contributed by atoms with Gasteiger partial charge in [-0.05, 0) is 5.56 Å². The van der Waals surface area contributed by atoms with E-state index in [1.54, 1.807) is 7.11 Å². The first kappa shape index (κ1) is 13.1. The van der Waals surface area contributed by atoms with Gasteiger partial charge in [0.15, 0.2) is 5.72 Å². The van der Waals surface area contributed by atoms with E-state index in [-0.39, 0.29) is 17.2 Å². The van der Waals surface area contributed by atoms with E-state index in [2.05, 4.69) is 38.2 Å². The van der Waals surface area contributed by atoms with E-state index in [4.69, 9.17) is 4.74 Å².